The number of rotatable bonds is 7. The van der Waals surface area contributed by atoms with Crippen molar-refractivity contribution >= 4 is 5.69 Å². The molecule has 0 unspecified atom stereocenters. The normalized spacial score (nSPS) is 10.4. The first-order valence-electron chi connectivity index (χ1n) is 6.45. The molecule has 1 aromatic carbocycles. The minimum Gasteiger partial charge on any atom is -0.504 e. The number of hydrogen-bond donors (Lipinski definition) is 2. The van der Waals surface area contributed by atoms with Crippen LogP contribution in [0, 0.1) is 0 Å². The van der Waals surface area contributed by atoms with Crippen molar-refractivity contribution in [2.24, 2.45) is 0 Å². The van der Waals surface area contributed by atoms with Gasteiger partial charge >= 0.3 is 0 Å². The highest BCUT2D eigenvalue weighted by atomic mass is 16.5. The predicted molar refractivity (Wildman–Crippen MR) is 74.6 cm³/mol. The Balaban J connectivity index is 1.86. The second kappa shape index (κ2) is 6.68. The second-order valence-corrected chi connectivity index (χ2v) is 4.17. The largest absolute Gasteiger partial charge is 0.504 e. The van der Waals surface area contributed by atoms with Crippen molar-refractivity contribution in [1.82, 2.24) is 9.55 Å². The van der Waals surface area contributed by atoms with Crippen LogP contribution >= 0.6 is 0 Å². The lowest BCUT2D eigenvalue weighted by atomic mass is 10.2. The van der Waals surface area contributed by atoms with Gasteiger partial charge in [0.2, 0.25) is 0 Å². The van der Waals surface area contributed by atoms with Crippen LogP contribution in [0.2, 0.25) is 0 Å². The quantitative estimate of drug-likeness (QED) is 0.752. The SMILES string of the molecule is CCOc1c(O)cccc1NCCCn1ccnc1. The molecular weight excluding hydrogens is 242 g/mol. The molecule has 102 valence electrons. The van der Waals surface area contributed by atoms with E-state index in [1.165, 1.54) is 0 Å². The van der Waals surface area contributed by atoms with Gasteiger partial charge in [0.1, 0.15) is 0 Å². The standard InChI is InChI=1S/C14H19N3O2/c1-2-19-14-12(5-3-6-13(14)18)16-7-4-9-17-10-8-15-11-17/h3,5-6,8,10-11,16,18H,2,4,7,9H2,1H3. The fourth-order valence-electron chi connectivity index (χ4n) is 1.86. The highest BCUT2D eigenvalue weighted by molar-refractivity contribution is 5.62. The molecular formula is C14H19N3O2. The van der Waals surface area contributed by atoms with Crippen molar-refractivity contribution in [2.45, 2.75) is 19.9 Å². The third kappa shape index (κ3) is 3.64. The van der Waals surface area contributed by atoms with Crippen molar-refractivity contribution < 1.29 is 9.84 Å². The van der Waals surface area contributed by atoms with E-state index in [0.717, 1.165) is 25.2 Å². The third-order valence-corrected chi connectivity index (χ3v) is 2.75. The molecule has 5 nitrogen and oxygen atoms in total. The number of benzene rings is 1. The number of phenolic OH excluding ortho intramolecular Hbond substituents is 1. The monoisotopic (exact) mass is 261 g/mol. The number of ether oxygens (including phenoxy) is 1. The van der Waals surface area contributed by atoms with Crippen molar-refractivity contribution in [3.63, 3.8) is 0 Å². The molecule has 1 heterocycles. The molecule has 2 rings (SSSR count). The highest BCUT2D eigenvalue weighted by Crippen LogP contribution is 2.34. The summed E-state index contributed by atoms with van der Waals surface area (Å²) in [4.78, 5) is 4.00. The van der Waals surface area contributed by atoms with Crippen LogP contribution in [0.5, 0.6) is 11.5 Å². The van der Waals surface area contributed by atoms with E-state index in [1.54, 1.807) is 24.7 Å². The van der Waals surface area contributed by atoms with Crippen LogP contribution in [0.3, 0.4) is 0 Å². The first-order valence-corrected chi connectivity index (χ1v) is 6.45. The fourth-order valence-corrected chi connectivity index (χ4v) is 1.86. The van der Waals surface area contributed by atoms with E-state index in [1.807, 2.05) is 23.8 Å². The Morgan fingerprint density at radius 1 is 1.42 bits per heavy atom. The molecule has 19 heavy (non-hydrogen) atoms. The second-order valence-electron chi connectivity index (χ2n) is 4.17. The zero-order valence-corrected chi connectivity index (χ0v) is 11.0. The van der Waals surface area contributed by atoms with Gasteiger partial charge < -0.3 is 19.7 Å². The lowest BCUT2D eigenvalue weighted by molar-refractivity contribution is 0.319. The molecule has 2 aromatic rings. The Labute approximate surface area is 112 Å². The Kier molecular flexibility index (Phi) is 4.66. The van der Waals surface area contributed by atoms with Gasteiger partial charge in [-0.15, -0.1) is 0 Å². The molecule has 0 amide bonds. The third-order valence-electron chi connectivity index (χ3n) is 2.75. The summed E-state index contributed by atoms with van der Waals surface area (Å²) in [7, 11) is 0. The van der Waals surface area contributed by atoms with Gasteiger partial charge in [-0.05, 0) is 25.5 Å². The summed E-state index contributed by atoms with van der Waals surface area (Å²) in [6.07, 6.45) is 6.49. The van der Waals surface area contributed by atoms with E-state index in [-0.39, 0.29) is 5.75 Å². The summed E-state index contributed by atoms with van der Waals surface area (Å²) in [5, 5.41) is 13.0. The number of para-hydroxylation sites is 1. The fraction of sp³-hybridized carbons (Fsp3) is 0.357. The number of aromatic nitrogens is 2. The maximum atomic E-state index is 9.75. The number of imidazole rings is 1. The molecule has 0 aliphatic rings. The summed E-state index contributed by atoms with van der Waals surface area (Å²) < 4.78 is 7.48. The number of nitrogens with zero attached hydrogens (tertiary/aromatic N) is 2. The van der Waals surface area contributed by atoms with Gasteiger partial charge in [0.25, 0.3) is 0 Å². The van der Waals surface area contributed by atoms with E-state index in [0.29, 0.717) is 12.4 Å². The molecule has 0 atom stereocenters. The molecule has 0 fully saturated rings. The van der Waals surface area contributed by atoms with Crippen LogP contribution in [-0.2, 0) is 6.54 Å². The van der Waals surface area contributed by atoms with Crippen molar-refractivity contribution in [2.75, 3.05) is 18.5 Å². The number of phenols is 1. The highest BCUT2D eigenvalue weighted by Gasteiger charge is 2.07. The van der Waals surface area contributed by atoms with Gasteiger partial charge in [-0.25, -0.2) is 4.98 Å². The summed E-state index contributed by atoms with van der Waals surface area (Å²) in [5.74, 6) is 0.689. The topological polar surface area (TPSA) is 59.3 Å². The molecule has 0 aliphatic carbocycles. The van der Waals surface area contributed by atoms with Gasteiger partial charge in [0.05, 0.1) is 18.6 Å². The molecule has 1 aromatic heterocycles. The molecule has 0 bridgehead atoms. The molecule has 0 aliphatic heterocycles. The summed E-state index contributed by atoms with van der Waals surface area (Å²) >= 11 is 0. The van der Waals surface area contributed by atoms with Crippen LogP contribution < -0.4 is 10.1 Å². The van der Waals surface area contributed by atoms with E-state index in [4.69, 9.17) is 4.74 Å². The van der Waals surface area contributed by atoms with E-state index in [2.05, 4.69) is 10.3 Å². The van der Waals surface area contributed by atoms with E-state index >= 15 is 0 Å². The maximum absolute atomic E-state index is 9.75. The molecule has 0 saturated carbocycles. The Morgan fingerprint density at radius 3 is 3.05 bits per heavy atom. The molecule has 0 spiro atoms. The first kappa shape index (κ1) is 13.3. The van der Waals surface area contributed by atoms with Crippen molar-refractivity contribution in [3.05, 3.63) is 36.9 Å². The zero-order valence-electron chi connectivity index (χ0n) is 11.0. The molecule has 5 heteroatoms. The Morgan fingerprint density at radius 2 is 2.32 bits per heavy atom. The number of hydrogen-bond acceptors (Lipinski definition) is 4. The number of aromatic hydroxyl groups is 1. The van der Waals surface area contributed by atoms with Crippen LogP contribution in [0.25, 0.3) is 0 Å². The van der Waals surface area contributed by atoms with E-state index < -0.39 is 0 Å². The molecule has 0 radical (unpaired) electrons. The number of aryl methyl sites for hydroxylation is 1. The molecule has 0 saturated heterocycles. The van der Waals surface area contributed by atoms with Gasteiger partial charge in [0, 0.05) is 25.5 Å². The van der Waals surface area contributed by atoms with Crippen molar-refractivity contribution in [3.8, 4) is 11.5 Å². The van der Waals surface area contributed by atoms with Crippen LogP contribution in [-0.4, -0.2) is 27.8 Å². The number of anilines is 1. The van der Waals surface area contributed by atoms with Crippen LogP contribution in [0.15, 0.2) is 36.9 Å². The Bertz CT molecular complexity index is 497. The lowest BCUT2D eigenvalue weighted by Gasteiger charge is -2.13. The lowest BCUT2D eigenvalue weighted by Crippen LogP contribution is -2.07. The van der Waals surface area contributed by atoms with Gasteiger partial charge in [-0.3, -0.25) is 0 Å². The predicted octanol–water partition coefficient (Wildman–Crippen LogP) is 2.49. The van der Waals surface area contributed by atoms with E-state index in [9.17, 15) is 5.11 Å². The van der Waals surface area contributed by atoms with Gasteiger partial charge in [-0.2, -0.15) is 0 Å². The average Bonchev–Trinajstić information content (AvgIpc) is 2.91. The van der Waals surface area contributed by atoms with Crippen LogP contribution in [0.1, 0.15) is 13.3 Å². The van der Waals surface area contributed by atoms with Gasteiger partial charge in [0.15, 0.2) is 11.5 Å². The summed E-state index contributed by atoms with van der Waals surface area (Å²) in [6, 6.07) is 5.33. The smallest absolute Gasteiger partial charge is 0.184 e. The number of nitrogens with one attached hydrogen (secondary N) is 1. The molecule has 2 N–H and O–H groups in total. The summed E-state index contributed by atoms with van der Waals surface area (Å²) in [5.41, 5.74) is 0.826. The summed E-state index contributed by atoms with van der Waals surface area (Å²) in [6.45, 7) is 4.15. The average molecular weight is 261 g/mol. The van der Waals surface area contributed by atoms with Crippen LogP contribution in [0.4, 0.5) is 5.69 Å². The Hall–Kier alpha value is -2.17. The van der Waals surface area contributed by atoms with Crippen molar-refractivity contribution in [1.29, 1.82) is 0 Å². The minimum absolute atomic E-state index is 0.168. The zero-order chi connectivity index (χ0) is 13.5. The maximum Gasteiger partial charge on any atom is 0.184 e. The first-order chi connectivity index (χ1) is 9.31. The van der Waals surface area contributed by atoms with Gasteiger partial charge in [-0.1, -0.05) is 6.07 Å². The minimum atomic E-state index is 0.168.